The average molecular weight is 353 g/mol. The van der Waals surface area contributed by atoms with Gasteiger partial charge in [0, 0.05) is 26.2 Å². The molecule has 0 spiro atoms. The van der Waals surface area contributed by atoms with Crippen molar-refractivity contribution in [1.29, 1.82) is 0 Å². The highest BCUT2D eigenvalue weighted by atomic mass is 32.2. The van der Waals surface area contributed by atoms with E-state index in [0.29, 0.717) is 23.4 Å². The molecule has 24 heavy (non-hydrogen) atoms. The van der Waals surface area contributed by atoms with Crippen LogP contribution < -0.4 is 10.6 Å². The second-order valence-corrected chi connectivity index (χ2v) is 8.05. The van der Waals surface area contributed by atoms with Crippen LogP contribution in [0, 0.1) is 0 Å². The smallest absolute Gasteiger partial charge is 0.191 e. The topological polar surface area (TPSA) is 73.8 Å². The van der Waals surface area contributed by atoms with Gasteiger partial charge in [-0.15, -0.1) is 0 Å². The Kier molecular flexibility index (Phi) is 7.05. The van der Waals surface area contributed by atoms with Crippen LogP contribution in [0.1, 0.15) is 19.8 Å². The molecule has 7 heteroatoms. The molecule has 1 aliphatic heterocycles. The van der Waals surface area contributed by atoms with Crippen LogP contribution >= 0.6 is 0 Å². The molecular formula is C17H28N4O2S. The molecular weight excluding hydrogens is 324 g/mol. The zero-order valence-electron chi connectivity index (χ0n) is 14.5. The quantitative estimate of drug-likeness (QED) is 0.568. The number of likely N-dealkylation sites (N-methyl/N-ethyl adjacent to an activating group) is 1. The summed E-state index contributed by atoms with van der Waals surface area (Å²) < 4.78 is 24.5. The van der Waals surface area contributed by atoms with E-state index in [1.807, 2.05) is 6.07 Å². The van der Waals surface area contributed by atoms with Gasteiger partial charge in [0.1, 0.15) is 0 Å². The number of likely N-dealkylation sites (tertiary alicyclic amines) is 1. The van der Waals surface area contributed by atoms with Gasteiger partial charge in [0.2, 0.25) is 0 Å². The van der Waals surface area contributed by atoms with Gasteiger partial charge >= 0.3 is 0 Å². The summed E-state index contributed by atoms with van der Waals surface area (Å²) in [6.07, 6.45) is 2.43. The van der Waals surface area contributed by atoms with E-state index in [9.17, 15) is 8.42 Å². The van der Waals surface area contributed by atoms with Crippen LogP contribution in [0.3, 0.4) is 0 Å². The van der Waals surface area contributed by atoms with Crippen LogP contribution in [0.15, 0.2) is 40.2 Å². The van der Waals surface area contributed by atoms with Crippen LogP contribution in [0.5, 0.6) is 0 Å². The summed E-state index contributed by atoms with van der Waals surface area (Å²) in [6.45, 7) is 5.57. The van der Waals surface area contributed by atoms with Crippen molar-refractivity contribution in [2.75, 3.05) is 39.0 Å². The molecule has 0 bridgehead atoms. The Bertz CT molecular complexity index is 631. The van der Waals surface area contributed by atoms with Gasteiger partial charge in [0.05, 0.1) is 10.6 Å². The molecule has 6 nitrogen and oxygen atoms in total. The Hall–Kier alpha value is -1.60. The normalized spacial score (nSPS) is 19.4. The summed E-state index contributed by atoms with van der Waals surface area (Å²) in [6, 6.07) is 9.07. The maximum atomic E-state index is 12.2. The lowest BCUT2D eigenvalue weighted by Crippen LogP contribution is -2.45. The molecule has 1 saturated heterocycles. The first kappa shape index (κ1) is 18.7. The first-order chi connectivity index (χ1) is 11.6. The van der Waals surface area contributed by atoms with Crippen LogP contribution in [0.2, 0.25) is 0 Å². The Morgan fingerprint density at radius 2 is 2.04 bits per heavy atom. The van der Waals surface area contributed by atoms with Crippen molar-refractivity contribution in [3.63, 3.8) is 0 Å². The molecule has 1 aromatic carbocycles. The highest BCUT2D eigenvalue weighted by molar-refractivity contribution is 7.91. The number of hydrogen-bond donors (Lipinski definition) is 2. The van der Waals surface area contributed by atoms with Crippen molar-refractivity contribution >= 4 is 15.8 Å². The molecule has 0 amide bonds. The zero-order chi connectivity index (χ0) is 17.4. The summed E-state index contributed by atoms with van der Waals surface area (Å²) in [4.78, 5) is 6.99. The molecule has 0 saturated carbocycles. The first-order valence-corrected chi connectivity index (χ1v) is 10.2. The van der Waals surface area contributed by atoms with Crippen molar-refractivity contribution in [3.8, 4) is 0 Å². The Labute approximate surface area is 145 Å². The number of sulfone groups is 1. The van der Waals surface area contributed by atoms with E-state index < -0.39 is 9.84 Å². The minimum Gasteiger partial charge on any atom is -0.355 e. The molecule has 1 fully saturated rings. The van der Waals surface area contributed by atoms with Crippen molar-refractivity contribution in [2.24, 2.45) is 4.99 Å². The largest absolute Gasteiger partial charge is 0.355 e. The van der Waals surface area contributed by atoms with Crippen molar-refractivity contribution in [2.45, 2.75) is 30.7 Å². The number of guanidine groups is 1. The Balaban J connectivity index is 1.78. The van der Waals surface area contributed by atoms with Crippen molar-refractivity contribution < 1.29 is 8.42 Å². The minimum atomic E-state index is -3.26. The van der Waals surface area contributed by atoms with Crippen LogP contribution in [-0.2, 0) is 9.84 Å². The van der Waals surface area contributed by atoms with Gasteiger partial charge in [-0.2, -0.15) is 0 Å². The third-order valence-electron chi connectivity index (χ3n) is 4.40. The van der Waals surface area contributed by atoms with Gasteiger partial charge in [-0.1, -0.05) is 25.1 Å². The summed E-state index contributed by atoms with van der Waals surface area (Å²) in [5.41, 5.74) is 0. The number of nitrogens with zero attached hydrogens (tertiary/aromatic N) is 2. The van der Waals surface area contributed by atoms with Gasteiger partial charge < -0.3 is 10.6 Å². The van der Waals surface area contributed by atoms with E-state index in [0.717, 1.165) is 19.6 Å². The standard InChI is InChI=1S/C17H28N4O2S/c1-3-21-12-7-8-15(21)14-20-17(18-2)19-11-13-24(22,23)16-9-5-4-6-10-16/h4-6,9-10,15H,3,7-8,11-14H2,1-2H3,(H2,18,19,20). The number of benzene rings is 1. The molecule has 0 aromatic heterocycles. The lowest BCUT2D eigenvalue weighted by molar-refractivity contribution is 0.267. The number of nitrogens with one attached hydrogen (secondary N) is 2. The summed E-state index contributed by atoms with van der Waals surface area (Å²) in [5, 5.41) is 6.40. The molecule has 2 rings (SSSR count). The molecule has 1 unspecified atom stereocenters. The number of aliphatic imine (C=N–C) groups is 1. The van der Waals surface area contributed by atoms with E-state index in [1.165, 1.54) is 12.8 Å². The number of rotatable bonds is 7. The second kappa shape index (κ2) is 9.03. The third-order valence-corrected chi connectivity index (χ3v) is 6.13. The highest BCUT2D eigenvalue weighted by Crippen LogP contribution is 2.15. The fourth-order valence-corrected chi connectivity index (χ4v) is 4.21. The molecule has 2 N–H and O–H groups in total. The molecule has 0 aliphatic carbocycles. The Morgan fingerprint density at radius 1 is 1.29 bits per heavy atom. The van der Waals surface area contributed by atoms with E-state index in [2.05, 4.69) is 27.4 Å². The second-order valence-electron chi connectivity index (χ2n) is 5.94. The lowest BCUT2D eigenvalue weighted by atomic mass is 10.2. The average Bonchev–Trinajstić information content (AvgIpc) is 3.06. The predicted octanol–water partition coefficient (Wildman–Crippen LogP) is 1.11. The third kappa shape index (κ3) is 5.21. The fourth-order valence-electron chi connectivity index (χ4n) is 3.03. The lowest BCUT2D eigenvalue weighted by Gasteiger charge is -2.23. The minimum absolute atomic E-state index is 0.0439. The summed E-state index contributed by atoms with van der Waals surface area (Å²) in [7, 11) is -1.56. The highest BCUT2D eigenvalue weighted by Gasteiger charge is 2.22. The van der Waals surface area contributed by atoms with Crippen molar-refractivity contribution in [3.05, 3.63) is 30.3 Å². The van der Waals surface area contributed by atoms with Crippen LogP contribution in [0.4, 0.5) is 0 Å². The van der Waals surface area contributed by atoms with Crippen LogP contribution in [0.25, 0.3) is 0 Å². The predicted molar refractivity (Wildman–Crippen MR) is 98.1 cm³/mol. The van der Waals surface area contributed by atoms with E-state index in [-0.39, 0.29) is 5.75 Å². The van der Waals surface area contributed by atoms with E-state index in [1.54, 1.807) is 31.3 Å². The molecule has 1 atom stereocenters. The van der Waals surface area contributed by atoms with E-state index >= 15 is 0 Å². The molecule has 1 aromatic rings. The van der Waals surface area contributed by atoms with Gasteiger partial charge in [0.15, 0.2) is 15.8 Å². The summed E-state index contributed by atoms with van der Waals surface area (Å²) in [5.74, 6) is 0.698. The molecule has 134 valence electrons. The maximum Gasteiger partial charge on any atom is 0.191 e. The molecule has 1 heterocycles. The van der Waals surface area contributed by atoms with Crippen molar-refractivity contribution in [1.82, 2.24) is 15.5 Å². The van der Waals surface area contributed by atoms with E-state index in [4.69, 9.17) is 0 Å². The Morgan fingerprint density at radius 3 is 2.71 bits per heavy atom. The zero-order valence-corrected chi connectivity index (χ0v) is 15.3. The molecule has 1 aliphatic rings. The van der Waals surface area contributed by atoms with Gasteiger partial charge in [-0.25, -0.2) is 8.42 Å². The number of hydrogen-bond acceptors (Lipinski definition) is 4. The SMILES string of the molecule is CCN1CCCC1CNC(=NC)NCCS(=O)(=O)c1ccccc1. The summed E-state index contributed by atoms with van der Waals surface area (Å²) >= 11 is 0. The maximum absolute atomic E-state index is 12.2. The van der Waals surface area contributed by atoms with Gasteiger partial charge in [-0.05, 0) is 38.1 Å². The van der Waals surface area contributed by atoms with Gasteiger partial charge in [-0.3, -0.25) is 9.89 Å². The molecule has 0 radical (unpaired) electrons. The van der Waals surface area contributed by atoms with Gasteiger partial charge in [0.25, 0.3) is 0 Å². The fraction of sp³-hybridized carbons (Fsp3) is 0.588. The monoisotopic (exact) mass is 352 g/mol. The van der Waals surface area contributed by atoms with Crippen LogP contribution in [-0.4, -0.2) is 64.3 Å². The first-order valence-electron chi connectivity index (χ1n) is 8.53.